The Morgan fingerprint density at radius 1 is 1.57 bits per heavy atom. The van der Waals surface area contributed by atoms with E-state index in [1.54, 1.807) is 0 Å². The molecule has 1 unspecified atom stereocenters. The van der Waals surface area contributed by atoms with Gasteiger partial charge in [0, 0.05) is 6.04 Å². The molecule has 1 atom stereocenters. The molecule has 0 bridgehead atoms. The average molecular weight is 125 g/mol. The Kier molecular flexibility index (Phi) is 9.09. The lowest BCUT2D eigenvalue weighted by atomic mass is 10.3. The van der Waals surface area contributed by atoms with Gasteiger partial charge in [-0.15, -0.1) is 12.4 Å². The normalized spacial score (nSPS) is 12.4. The molecular weight excluding hydrogens is 112 g/mol. The van der Waals surface area contributed by atoms with Crippen molar-refractivity contribution >= 4 is 12.4 Å². The van der Waals surface area contributed by atoms with E-state index in [9.17, 15) is 0 Å². The molecule has 0 radical (unpaired) electrons. The summed E-state index contributed by atoms with van der Waals surface area (Å²) in [4.78, 5) is 0. The smallest absolute Gasteiger partial charge is 0.00224 e. The molecule has 0 aromatic heterocycles. The maximum atomic E-state index is 5.32. The van der Waals surface area contributed by atoms with E-state index in [2.05, 4.69) is 0 Å². The van der Waals surface area contributed by atoms with Crippen LogP contribution in [0.1, 0.15) is 13.3 Å². The molecule has 0 aliphatic heterocycles. The second-order valence-electron chi connectivity index (χ2n) is 1.55. The van der Waals surface area contributed by atoms with Crippen LogP contribution in [-0.2, 0) is 0 Å². The van der Waals surface area contributed by atoms with Gasteiger partial charge in [-0.2, -0.15) is 0 Å². The second-order valence-corrected chi connectivity index (χ2v) is 1.55. The number of halogens is 1. The van der Waals surface area contributed by atoms with Gasteiger partial charge in [-0.25, -0.2) is 0 Å². The lowest BCUT2D eigenvalue weighted by molar-refractivity contribution is 0.676. The zero-order valence-electron chi connectivity index (χ0n) is 4.55. The van der Waals surface area contributed by atoms with Crippen molar-refractivity contribution in [2.75, 3.05) is 6.54 Å². The predicted molar refractivity (Wildman–Crippen MR) is 34.6 cm³/mol. The van der Waals surface area contributed by atoms with Crippen molar-refractivity contribution in [3.8, 4) is 0 Å². The van der Waals surface area contributed by atoms with Gasteiger partial charge >= 0.3 is 0 Å². The minimum Gasteiger partial charge on any atom is -0.330 e. The first-order valence-corrected chi connectivity index (χ1v) is 2.23. The van der Waals surface area contributed by atoms with Gasteiger partial charge in [-0.3, -0.25) is 0 Å². The third-order valence-electron chi connectivity index (χ3n) is 0.622. The highest BCUT2D eigenvalue weighted by molar-refractivity contribution is 5.85. The molecule has 0 aromatic rings. The van der Waals surface area contributed by atoms with Crippen LogP contribution >= 0.6 is 12.4 Å². The Hall–Kier alpha value is 0.210. The van der Waals surface area contributed by atoms with E-state index in [1.807, 2.05) is 6.92 Å². The topological polar surface area (TPSA) is 52.0 Å². The molecule has 4 N–H and O–H groups in total. The van der Waals surface area contributed by atoms with Crippen LogP contribution in [0.25, 0.3) is 0 Å². The van der Waals surface area contributed by atoms with Crippen LogP contribution in [-0.4, -0.2) is 12.6 Å². The standard InChI is InChI=1S/C4H12N2.ClH/c1-4(6)2-3-5;/h4H,2-3,5-6H2,1H3;1H. The Morgan fingerprint density at radius 2 is 2.00 bits per heavy atom. The van der Waals surface area contributed by atoms with Crippen LogP contribution in [0.4, 0.5) is 0 Å². The molecule has 0 rings (SSSR count). The molecule has 7 heavy (non-hydrogen) atoms. The van der Waals surface area contributed by atoms with Crippen molar-refractivity contribution in [3.63, 3.8) is 0 Å². The zero-order chi connectivity index (χ0) is 4.99. The molecule has 0 saturated carbocycles. The fourth-order valence-electron chi connectivity index (χ4n) is 0.263. The van der Waals surface area contributed by atoms with E-state index < -0.39 is 0 Å². The molecule has 0 fully saturated rings. The molecule has 3 heteroatoms. The highest BCUT2D eigenvalue weighted by Gasteiger charge is 1.85. The Balaban J connectivity index is 0. The summed E-state index contributed by atoms with van der Waals surface area (Å²) in [5.41, 5.74) is 10.5. The largest absolute Gasteiger partial charge is 0.330 e. The first kappa shape index (κ1) is 10.2. The van der Waals surface area contributed by atoms with Crippen LogP contribution in [0.5, 0.6) is 0 Å². The number of hydrogen-bond acceptors (Lipinski definition) is 2. The van der Waals surface area contributed by atoms with E-state index in [1.165, 1.54) is 0 Å². The van der Waals surface area contributed by atoms with Crippen molar-refractivity contribution in [1.82, 2.24) is 0 Å². The Labute approximate surface area is 50.7 Å². The van der Waals surface area contributed by atoms with E-state index in [0.29, 0.717) is 6.54 Å². The summed E-state index contributed by atoms with van der Waals surface area (Å²) in [6.45, 7) is 2.66. The predicted octanol–water partition coefficient (Wildman–Crippen LogP) is 0.104. The van der Waals surface area contributed by atoms with Gasteiger partial charge in [0.25, 0.3) is 0 Å². The second kappa shape index (κ2) is 6.21. The van der Waals surface area contributed by atoms with Crippen LogP contribution in [0.15, 0.2) is 0 Å². The fourth-order valence-corrected chi connectivity index (χ4v) is 0.263. The summed E-state index contributed by atoms with van der Waals surface area (Å²) in [5, 5.41) is 0. The number of rotatable bonds is 2. The molecular formula is C4H13ClN2. The zero-order valence-corrected chi connectivity index (χ0v) is 5.37. The van der Waals surface area contributed by atoms with Crippen molar-refractivity contribution in [2.45, 2.75) is 19.4 Å². The van der Waals surface area contributed by atoms with Crippen molar-refractivity contribution < 1.29 is 0 Å². The summed E-state index contributed by atoms with van der Waals surface area (Å²) >= 11 is 0. The lowest BCUT2D eigenvalue weighted by Gasteiger charge is -1.96. The van der Waals surface area contributed by atoms with Crippen molar-refractivity contribution in [3.05, 3.63) is 0 Å². The summed E-state index contributed by atoms with van der Waals surface area (Å²) in [6, 6.07) is 0.273. The highest BCUT2D eigenvalue weighted by atomic mass is 35.5. The average Bonchev–Trinajstić information content (AvgIpc) is 1.35. The van der Waals surface area contributed by atoms with Gasteiger partial charge in [-0.1, -0.05) is 0 Å². The van der Waals surface area contributed by atoms with Crippen LogP contribution in [0.2, 0.25) is 0 Å². The van der Waals surface area contributed by atoms with Crippen LogP contribution in [0, 0.1) is 0 Å². The van der Waals surface area contributed by atoms with E-state index in [4.69, 9.17) is 11.5 Å². The number of nitrogens with two attached hydrogens (primary N) is 2. The van der Waals surface area contributed by atoms with Gasteiger partial charge in [-0.05, 0) is 19.9 Å². The van der Waals surface area contributed by atoms with Crippen LogP contribution < -0.4 is 11.5 Å². The molecule has 0 aliphatic rings. The highest BCUT2D eigenvalue weighted by Crippen LogP contribution is 1.77. The van der Waals surface area contributed by atoms with Gasteiger partial charge in [0.2, 0.25) is 0 Å². The number of hydrogen-bond donors (Lipinski definition) is 2. The summed E-state index contributed by atoms with van der Waals surface area (Å²) in [5.74, 6) is 0. The van der Waals surface area contributed by atoms with E-state index in [-0.39, 0.29) is 18.4 Å². The maximum absolute atomic E-state index is 5.32. The fraction of sp³-hybridized carbons (Fsp3) is 1.00. The summed E-state index contributed by atoms with van der Waals surface area (Å²) in [7, 11) is 0. The third kappa shape index (κ3) is 10.7. The molecule has 2 nitrogen and oxygen atoms in total. The van der Waals surface area contributed by atoms with Gasteiger partial charge in [0.1, 0.15) is 0 Å². The minimum absolute atomic E-state index is 0. The van der Waals surface area contributed by atoms with E-state index in [0.717, 1.165) is 6.42 Å². The molecule has 46 valence electrons. The molecule has 0 amide bonds. The molecule has 0 spiro atoms. The molecule has 0 aromatic carbocycles. The summed E-state index contributed by atoms with van der Waals surface area (Å²) in [6.07, 6.45) is 0.931. The SMILES string of the molecule is CC(N)CCN.Cl. The van der Waals surface area contributed by atoms with Crippen molar-refractivity contribution in [2.24, 2.45) is 11.5 Å². The van der Waals surface area contributed by atoms with Gasteiger partial charge in [0.15, 0.2) is 0 Å². The van der Waals surface area contributed by atoms with Crippen LogP contribution in [0.3, 0.4) is 0 Å². The summed E-state index contributed by atoms with van der Waals surface area (Å²) < 4.78 is 0. The minimum atomic E-state index is 0. The Morgan fingerprint density at radius 3 is 2.00 bits per heavy atom. The van der Waals surface area contributed by atoms with E-state index >= 15 is 0 Å². The maximum Gasteiger partial charge on any atom is 0.00224 e. The Bertz CT molecular complexity index is 30.9. The monoisotopic (exact) mass is 124 g/mol. The quantitative estimate of drug-likeness (QED) is 0.549. The first-order valence-electron chi connectivity index (χ1n) is 2.23. The van der Waals surface area contributed by atoms with Crippen molar-refractivity contribution in [1.29, 1.82) is 0 Å². The van der Waals surface area contributed by atoms with Gasteiger partial charge in [0.05, 0.1) is 0 Å². The lowest BCUT2D eigenvalue weighted by Crippen LogP contribution is -2.18. The first-order chi connectivity index (χ1) is 2.77. The molecule has 0 aliphatic carbocycles. The molecule has 0 heterocycles. The third-order valence-corrected chi connectivity index (χ3v) is 0.622. The van der Waals surface area contributed by atoms with Gasteiger partial charge < -0.3 is 11.5 Å². The molecule has 0 saturated heterocycles.